The van der Waals surface area contributed by atoms with Gasteiger partial charge in [0.1, 0.15) is 11.8 Å². The smallest absolute Gasteiger partial charge is 0.384 e. The standard InChI is InChI=1S/C17H16N2O2S/c1-5-21-15(20)7-6-14-17(22-4)13(10-18)16-12(3)11(2)8-9-19(14)16/h8-9H,5H2,1-4H3. The van der Waals surface area contributed by atoms with Crippen molar-refractivity contribution in [3.05, 3.63) is 34.6 Å². The summed E-state index contributed by atoms with van der Waals surface area (Å²) in [6.07, 6.45) is 3.78. The molecule has 0 aliphatic heterocycles. The maximum absolute atomic E-state index is 11.5. The molecule has 22 heavy (non-hydrogen) atoms. The fourth-order valence-electron chi connectivity index (χ4n) is 2.28. The quantitative estimate of drug-likeness (QED) is 0.486. The van der Waals surface area contributed by atoms with Gasteiger partial charge >= 0.3 is 5.97 Å². The van der Waals surface area contributed by atoms with Crippen LogP contribution >= 0.6 is 11.8 Å². The van der Waals surface area contributed by atoms with E-state index >= 15 is 0 Å². The Morgan fingerprint density at radius 3 is 2.77 bits per heavy atom. The van der Waals surface area contributed by atoms with Crippen molar-refractivity contribution in [3.8, 4) is 17.9 Å². The summed E-state index contributed by atoms with van der Waals surface area (Å²) in [6, 6.07) is 4.24. The molecule has 0 spiro atoms. The van der Waals surface area contributed by atoms with Crippen molar-refractivity contribution in [2.45, 2.75) is 25.7 Å². The first-order chi connectivity index (χ1) is 10.5. The Hall–Kier alpha value is -2.37. The van der Waals surface area contributed by atoms with E-state index in [9.17, 15) is 10.1 Å². The van der Waals surface area contributed by atoms with Crippen LogP contribution in [-0.2, 0) is 9.53 Å². The fraction of sp³-hybridized carbons (Fsp3) is 0.294. The Morgan fingerprint density at radius 2 is 2.18 bits per heavy atom. The molecule has 2 aromatic rings. The van der Waals surface area contributed by atoms with Crippen LogP contribution in [0.3, 0.4) is 0 Å². The molecule has 2 rings (SSSR count). The number of aromatic nitrogens is 1. The average Bonchev–Trinajstić information content (AvgIpc) is 2.82. The average molecular weight is 312 g/mol. The Kier molecular flexibility index (Phi) is 4.80. The molecule has 4 nitrogen and oxygen atoms in total. The summed E-state index contributed by atoms with van der Waals surface area (Å²) in [5.74, 6) is 4.78. The van der Waals surface area contributed by atoms with Crippen molar-refractivity contribution in [2.24, 2.45) is 0 Å². The number of rotatable bonds is 2. The van der Waals surface area contributed by atoms with E-state index in [1.54, 1.807) is 6.92 Å². The van der Waals surface area contributed by atoms with Gasteiger partial charge in [0.25, 0.3) is 0 Å². The van der Waals surface area contributed by atoms with Gasteiger partial charge in [-0.05, 0) is 50.1 Å². The van der Waals surface area contributed by atoms with Gasteiger partial charge in [0.15, 0.2) is 0 Å². The first kappa shape index (κ1) is 16.0. The maximum atomic E-state index is 11.5. The highest BCUT2D eigenvalue weighted by Crippen LogP contribution is 2.32. The zero-order chi connectivity index (χ0) is 16.3. The van der Waals surface area contributed by atoms with Crippen LogP contribution in [0.5, 0.6) is 0 Å². The lowest BCUT2D eigenvalue weighted by Gasteiger charge is -2.04. The molecular weight excluding hydrogens is 296 g/mol. The molecule has 0 aromatic carbocycles. The highest BCUT2D eigenvalue weighted by atomic mass is 32.2. The van der Waals surface area contributed by atoms with Crippen LogP contribution < -0.4 is 0 Å². The Labute approximate surface area is 134 Å². The number of thioether (sulfide) groups is 1. The van der Waals surface area contributed by atoms with Crippen LogP contribution in [0.25, 0.3) is 5.52 Å². The predicted molar refractivity (Wildman–Crippen MR) is 86.9 cm³/mol. The molecule has 0 radical (unpaired) electrons. The van der Waals surface area contributed by atoms with Gasteiger partial charge in [-0.15, -0.1) is 11.8 Å². The molecule has 0 atom stereocenters. The van der Waals surface area contributed by atoms with Gasteiger partial charge in [-0.25, -0.2) is 4.79 Å². The predicted octanol–water partition coefficient (Wildman–Crippen LogP) is 3.06. The normalized spacial score (nSPS) is 9.95. The van der Waals surface area contributed by atoms with Crippen LogP contribution in [0.4, 0.5) is 0 Å². The summed E-state index contributed by atoms with van der Waals surface area (Å²) in [5, 5.41) is 9.52. The van der Waals surface area contributed by atoms with Gasteiger partial charge in [0.2, 0.25) is 0 Å². The summed E-state index contributed by atoms with van der Waals surface area (Å²) >= 11 is 1.45. The molecule has 5 heteroatoms. The van der Waals surface area contributed by atoms with E-state index in [4.69, 9.17) is 4.74 Å². The third-order valence-electron chi connectivity index (χ3n) is 3.46. The molecule has 0 saturated heterocycles. The number of hydrogen-bond donors (Lipinski definition) is 0. The third kappa shape index (κ3) is 2.68. The van der Waals surface area contributed by atoms with Crippen molar-refractivity contribution in [1.82, 2.24) is 4.40 Å². The molecule has 0 amide bonds. The SMILES string of the molecule is CCOC(=O)C#Cc1c(SC)c(C#N)c2c(C)c(C)ccn12. The summed E-state index contributed by atoms with van der Waals surface area (Å²) in [6.45, 7) is 6.02. The highest BCUT2D eigenvalue weighted by Gasteiger charge is 2.18. The van der Waals surface area contributed by atoms with E-state index in [2.05, 4.69) is 17.9 Å². The van der Waals surface area contributed by atoms with Gasteiger partial charge in [-0.1, -0.05) is 0 Å². The van der Waals surface area contributed by atoms with Crippen LogP contribution in [0.1, 0.15) is 29.3 Å². The monoisotopic (exact) mass is 312 g/mol. The first-order valence-corrected chi connectivity index (χ1v) is 8.04. The largest absolute Gasteiger partial charge is 0.456 e. The number of carbonyl (C=O) groups is 1. The summed E-state index contributed by atoms with van der Waals surface area (Å²) < 4.78 is 6.71. The first-order valence-electron chi connectivity index (χ1n) is 6.82. The molecule has 0 aliphatic carbocycles. The lowest BCUT2D eigenvalue weighted by molar-refractivity contribution is -0.136. The molecule has 0 fully saturated rings. The van der Waals surface area contributed by atoms with E-state index in [0.717, 1.165) is 21.5 Å². The fourth-order valence-corrected chi connectivity index (χ4v) is 2.97. The van der Waals surface area contributed by atoms with Crippen molar-refractivity contribution in [2.75, 3.05) is 12.9 Å². The van der Waals surface area contributed by atoms with Crippen molar-refractivity contribution < 1.29 is 9.53 Å². The Bertz CT molecular complexity index is 848. The maximum Gasteiger partial charge on any atom is 0.384 e. The topological polar surface area (TPSA) is 54.5 Å². The highest BCUT2D eigenvalue weighted by molar-refractivity contribution is 7.98. The minimum atomic E-state index is -0.563. The number of nitriles is 1. The third-order valence-corrected chi connectivity index (χ3v) is 4.26. The van der Waals surface area contributed by atoms with Gasteiger partial charge in [0.05, 0.1) is 22.6 Å². The minimum Gasteiger partial charge on any atom is -0.456 e. The molecular formula is C17H16N2O2S. The number of pyridine rings is 1. The van der Waals surface area contributed by atoms with Crippen molar-refractivity contribution in [1.29, 1.82) is 5.26 Å². The summed E-state index contributed by atoms with van der Waals surface area (Å²) in [5.41, 5.74) is 4.25. The number of fused-ring (bicyclic) bond motifs is 1. The zero-order valence-electron chi connectivity index (χ0n) is 13.0. The molecule has 0 unspecified atom stereocenters. The second-order valence-electron chi connectivity index (χ2n) is 4.68. The van der Waals surface area contributed by atoms with Crippen LogP contribution in [0.2, 0.25) is 0 Å². The molecule has 2 heterocycles. The molecule has 0 saturated carbocycles. The van der Waals surface area contributed by atoms with Gasteiger partial charge in [-0.3, -0.25) is 0 Å². The molecule has 2 aromatic heterocycles. The number of ether oxygens (including phenoxy) is 1. The number of aryl methyl sites for hydroxylation is 2. The number of carbonyl (C=O) groups excluding carboxylic acids is 1. The lowest BCUT2D eigenvalue weighted by Crippen LogP contribution is -2.00. The number of esters is 1. The van der Waals surface area contributed by atoms with Gasteiger partial charge in [0, 0.05) is 12.1 Å². The second kappa shape index (κ2) is 6.60. The summed E-state index contributed by atoms with van der Waals surface area (Å²) in [4.78, 5) is 12.3. The zero-order valence-corrected chi connectivity index (χ0v) is 13.8. The summed E-state index contributed by atoms with van der Waals surface area (Å²) in [7, 11) is 0. The van der Waals surface area contributed by atoms with Crippen LogP contribution in [-0.4, -0.2) is 23.2 Å². The number of nitrogens with zero attached hydrogens (tertiary/aromatic N) is 2. The van der Waals surface area contributed by atoms with E-state index in [-0.39, 0.29) is 0 Å². The minimum absolute atomic E-state index is 0.291. The second-order valence-corrected chi connectivity index (χ2v) is 5.50. The van der Waals surface area contributed by atoms with Crippen molar-refractivity contribution >= 4 is 23.2 Å². The molecule has 112 valence electrons. The lowest BCUT2D eigenvalue weighted by atomic mass is 10.1. The van der Waals surface area contributed by atoms with E-state index < -0.39 is 5.97 Å². The Morgan fingerprint density at radius 1 is 1.45 bits per heavy atom. The van der Waals surface area contributed by atoms with E-state index in [0.29, 0.717) is 17.9 Å². The molecule has 0 N–H and O–H groups in total. The van der Waals surface area contributed by atoms with Crippen LogP contribution in [0.15, 0.2) is 17.2 Å². The van der Waals surface area contributed by atoms with E-state index in [1.807, 2.05) is 36.8 Å². The molecule has 0 bridgehead atoms. The van der Waals surface area contributed by atoms with Gasteiger partial charge in [-0.2, -0.15) is 5.26 Å². The van der Waals surface area contributed by atoms with E-state index in [1.165, 1.54) is 11.8 Å². The number of hydrogen-bond acceptors (Lipinski definition) is 4. The molecule has 0 aliphatic rings. The van der Waals surface area contributed by atoms with Crippen LogP contribution in [0, 0.1) is 37.0 Å². The van der Waals surface area contributed by atoms with Crippen molar-refractivity contribution in [3.63, 3.8) is 0 Å². The Balaban J connectivity index is 2.77. The van der Waals surface area contributed by atoms with Gasteiger partial charge < -0.3 is 9.14 Å².